The summed E-state index contributed by atoms with van der Waals surface area (Å²) in [6.07, 6.45) is -3.85. The number of carboxylic acid groups (broad SMARTS) is 1. The van der Waals surface area contributed by atoms with Gasteiger partial charge in [0.2, 0.25) is 0 Å². The lowest BCUT2D eigenvalue weighted by Gasteiger charge is -2.10. The number of amides is 1. The second-order valence-corrected chi connectivity index (χ2v) is 4.81. The average molecular weight is 345 g/mol. The molecular weight excluding hydrogens is 337 g/mol. The van der Waals surface area contributed by atoms with Gasteiger partial charge in [-0.1, -0.05) is 11.6 Å². The van der Waals surface area contributed by atoms with Crippen molar-refractivity contribution in [2.75, 3.05) is 5.32 Å². The lowest BCUT2D eigenvalue weighted by atomic mass is 10.1. The minimum Gasteiger partial charge on any atom is -0.478 e. The van der Waals surface area contributed by atoms with Gasteiger partial charge in [-0.05, 0) is 30.3 Å². The predicted molar refractivity (Wildman–Crippen MR) is 75.6 cm³/mol. The maximum Gasteiger partial charge on any atom is 0.433 e. The van der Waals surface area contributed by atoms with Gasteiger partial charge in [-0.3, -0.25) is 9.78 Å². The summed E-state index contributed by atoms with van der Waals surface area (Å²) in [6.45, 7) is 0. The van der Waals surface area contributed by atoms with E-state index in [0.29, 0.717) is 6.07 Å². The fourth-order valence-electron chi connectivity index (χ4n) is 1.72. The second-order valence-electron chi connectivity index (χ2n) is 4.38. The lowest BCUT2D eigenvalue weighted by Crippen LogP contribution is -2.16. The molecule has 0 spiro atoms. The number of anilines is 1. The Kier molecular flexibility index (Phi) is 4.55. The van der Waals surface area contributed by atoms with Crippen LogP contribution in [0.3, 0.4) is 0 Å². The number of hydrogen-bond donors (Lipinski definition) is 2. The first kappa shape index (κ1) is 16.8. The Hall–Kier alpha value is -2.61. The van der Waals surface area contributed by atoms with Crippen LogP contribution in [0.1, 0.15) is 26.4 Å². The van der Waals surface area contributed by atoms with Crippen LogP contribution in [0, 0.1) is 0 Å². The van der Waals surface area contributed by atoms with Gasteiger partial charge >= 0.3 is 12.1 Å². The molecule has 0 aliphatic rings. The maximum absolute atomic E-state index is 12.6. The Morgan fingerprint density at radius 2 is 1.87 bits per heavy atom. The third kappa shape index (κ3) is 3.98. The maximum atomic E-state index is 12.6. The van der Waals surface area contributed by atoms with Crippen molar-refractivity contribution in [2.24, 2.45) is 0 Å². The van der Waals surface area contributed by atoms with Gasteiger partial charge in [-0.2, -0.15) is 13.2 Å². The number of benzene rings is 1. The summed E-state index contributed by atoms with van der Waals surface area (Å²) in [5, 5.41) is 11.4. The fourth-order valence-corrected chi connectivity index (χ4v) is 1.90. The number of pyridine rings is 1. The van der Waals surface area contributed by atoms with Gasteiger partial charge in [-0.25, -0.2) is 4.79 Å². The van der Waals surface area contributed by atoms with E-state index in [2.05, 4.69) is 10.3 Å². The van der Waals surface area contributed by atoms with E-state index in [1.165, 1.54) is 12.1 Å². The van der Waals surface area contributed by atoms with Gasteiger partial charge in [0.1, 0.15) is 5.69 Å². The highest BCUT2D eigenvalue weighted by molar-refractivity contribution is 6.31. The summed E-state index contributed by atoms with van der Waals surface area (Å²) in [5.74, 6) is -2.24. The van der Waals surface area contributed by atoms with E-state index >= 15 is 0 Å². The second kappa shape index (κ2) is 6.25. The molecule has 1 heterocycles. The topological polar surface area (TPSA) is 79.3 Å². The third-order valence-corrected chi connectivity index (χ3v) is 3.01. The van der Waals surface area contributed by atoms with Gasteiger partial charge in [0, 0.05) is 16.8 Å². The summed E-state index contributed by atoms with van der Waals surface area (Å²) in [5.41, 5.74) is -1.90. The Morgan fingerprint density at radius 1 is 1.17 bits per heavy atom. The summed E-state index contributed by atoms with van der Waals surface area (Å²) >= 11 is 5.68. The number of rotatable bonds is 3. The Morgan fingerprint density at radius 3 is 2.48 bits per heavy atom. The number of nitrogens with one attached hydrogen (secondary N) is 1. The molecule has 23 heavy (non-hydrogen) atoms. The lowest BCUT2D eigenvalue weighted by molar-refractivity contribution is -0.141. The highest BCUT2D eigenvalue weighted by atomic mass is 35.5. The Balaban J connectivity index is 2.32. The molecule has 2 N–H and O–H groups in total. The monoisotopic (exact) mass is 344 g/mol. The highest BCUT2D eigenvalue weighted by Crippen LogP contribution is 2.28. The third-order valence-electron chi connectivity index (χ3n) is 2.77. The molecule has 2 rings (SSSR count). The molecule has 0 aliphatic carbocycles. The molecule has 5 nitrogen and oxygen atoms in total. The van der Waals surface area contributed by atoms with Crippen LogP contribution >= 0.6 is 11.6 Å². The van der Waals surface area contributed by atoms with Gasteiger partial charge in [0.25, 0.3) is 5.91 Å². The van der Waals surface area contributed by atoms with E-state index in [1.54, 1.807) is 0 Å². The van der Waals surface area contributed by atoms with Crippen LogP contribution in [0.15, 0.2) is 36.5 Å². The molecule has 0 radical (unpaired) electrons. The number of carboxylic acids is 1. The van der Waals surface area contributed by atoms with Crippen molar-refractivity contribution in [3.63, 3.8) is 0 Å². The number of alkyl halides is 3. The number of aromatic nitrogens is 1. The zero-order valence-corrected chi connectivity index (χ0v) is 11.9. The zero-order valence-electron chi connectivity index (χ0n) is 11.2. The molecule has 0 atom stereocenters. The number of carbonyl (C=O) groups is 2. The van der Waals surface area contributed by atoms with Crippen LogP contribution in [-0.2, 0) is 6.18 Å². The molecule has 2 aromatic rings. The summed E-state index contributed by atoms with van der Waals surface area (Å²) in [7, 11) is 0. The minimum atomic E-state index is -4.69. The van der Waals surface area contributed by atoms with Crippen LogP contribution in [0.5, 0.6) is 0 Å². The van der Waals surface area contributed by atoms with Crippen molar-refractivity contribution in [3.8, 4) is 0 Å². The zero-order chi connectivity index (χ0) is 17.2. The smallest absolute Gasteiger partial charge is 0.433 e. The van der Waals surface area contributed by atoms with E-state index in [0.717, 1.165) is 18.3 Å². The number of aromatic carboxylic acids is 1. The molecular formula is C14H8ClF3N2O3. The normalized spacial score (nSPS) is 11.1. The first-order chi connectivity index (χ1) is 10.7. The van der Waals surface area contributed by atoms with Crippen molar-refractivity contribution < 1.29 is 27.9 Å². The average Bonchev–Trinajstić information content (AvgIpc) is 2.48. The summed E-state index contributed by atoms with van der Waals surface area (Å²) in [4.78, 5) is 26.3. The van der Waals surface area contributed by atoms with Crippen LogP contribution < -0.4 is 5.32 Å². The predicted octanol–water partition coefficient (Wildman–Crippen LogP) is 3.70. The van der Waals surface area contributed by atoms with Crippen molar-refractivity contribution in [3.05, 3.63) is 58.4 Å². The van der Waals surface area contributed by atoms with Gasteiger partial charge in [0.15, 0.2) is 0 Å². The van der Waals surface area contributed by atoms with Crippen molar-refractivity contribution >= 4 is 29.2 Å². The number of nitrogens with zero attached hydrogens (tertiary/aromatic N) is 1. The highest BCUT2D eigenvalue weighted by Gasteiger charge is 2.33. The fraction of sp³-hybridized carbons (Fsp3) is 0.0714. The summed E-state index contributed by atoms with van der Waals surface area (Å²) in [6, 6.07) is 5.37. The molecule has 0 fully saturated rings. The molecule has 9 heteroatoms. The Labute approximate surface area is 132 Å². The molecule has 1 amide bonds. The van der Waals surface area contributed by atoms with Gasteiger partial charge < -0.3 is 10.4 Å². The van der Waals surface area contributed by atoms with Crippen molar-refractivity contribution in [2.45, 2.75) is 6.18 Å². The first-order valence-corrected chi connectivity index (χ1v) is 6.43. The van der Waals surface area contributed by atoms with Gasteiger partial charge in [-0.15, -0.1) is 0 Å². The van der Waals surface area contributed by atoms with E-state index in [1.807, 2.05) is 0 Å². The van der Waals surface area contributed by atoms with E-state index < -0.39 is 23.7 Å². The molecule has 120 valence electrons. The SMILES string of the molecule is O=C(Nc1ccc(Cl)cc1C(=O)O)c1ccnc(C(F)(F)F)c1. The molecule has 0 bridgehead atoms. The van der Waals surface area contributed by atoms with Gasteiger partial charge in [0.05, 0.1) is 11.3 Å². The molecule has 0 unspecified atom stereocenters. The molecule has 1 aromatic heterocycles. The molecule has 0 saturated heterocycles. The number of halogens is 4. The van der Waals surface area contributed by atoms with Crippen LogP contribution in [0.2, 0.25) is 5.02 Å². The molecule has 0 saturated carbocycles. The van der Waals surface area contributed by atoms with E-state index in [-0.39, 0.29) is 21.8 Å². The van der Waals surface area contributed by atoms with Crippen LogP contribution in [-0.4, -0.2) is 22.0 Å². The van der Waals surface area contributed by atoms with Crippen LogP contribution in [0.4, 0.5) is 18.9 Å². The molecule has 0 aliphatic heterocycles. The van der Waals surface area contributed by atoms with E-state index in [9.17, 15) is 22.8 Å². The quantitative estimate of drug-likeness (QED) is 0.889. The van der Waals surface area contributed by atoms with E-state index in [4.69, 9.17) is 16.7 Å². The van der Waals surface area contributed by atoms with Crippen molar-refractivity contribution in [1.82, 2.24) is 4.98 Å². The number of carbonyl (C=O) groups excluding carboxylic acids is 1. The minimum absolute atomic E-state index is 0.0859. The van der Waals surface area contributed by atoms with Crippen molar-refractivity contribution in [1.29, 1.82) is 0 Å². The standard InChI is InChI=1S/C14H8ClF3N2O3/c15-8-1-2-10(9(6-8)13(22)23)20-12(21)7-3-4-19-11(5-7)14(16,17)18/h1-6H,(H,20,21)(H,22,23). The summed E-state index contributed by atoms with van der Waals surface area (Å²) < 4.78 is 37.8. The molecule has 1 aromatic carbocycles. The Bertz CT molecular complexity index is 778. The van der Waals surface area contributed by atoms with Crippen LogP contribution in [0.25, 0.3) is 0 Å². The first-order valence-electron chi connectivity index (χ1n) is 6.06. The largest absolute Gasteiger partial charge is 0.478 e. The number of hydrogen-bond acceptors (Lipinski definition) is 3.